The molecule has 4 rings (SSSR count). The van der Waals surface area contributed by atoms with Crippen molar-refractivity contribution in [3.63, 3.8) is 0 Å². The van der Waals surface area contributed by atoms with Crippen LogP contribution in [0.4, 0.5) is 5.69 Å². The molecule has 2 heterocycles. The summed E-state index contributed by atoms with van der Waals surface area (Å²) in [6.07, 6.45) is 3.72. The number of pyridine rings is 1. The van der Waals surface area contributed by atoms with Crippen molar-refractivity contribution in [3.8, 4) is 21.8 Å². The van der Waals surface area contributed by atoms with Crippen molar-refractivity contribution in [2.45, 2.75) is 12.8 Å². The number of hydrogen-bond donors (Lipinski definition) is 1. The maximum Gasteiger partial charge on any atom is 0.224 e. The molecule has 0 aliphatic carbocycles. The number of rotatable bonds is 7. The van der Waals surface area contributed by atoms with Gasteiger partial charge in [-0.1, -0.05) is 23.7 Å². The van der Waals surface area contributed by atoms with E-state index in [1.54, 1.807) is 48.0 Å². The summed E-state index contributed by atoms with van der Waals surface area (Å²) < 4.78 is 0. The first kappa shape index (κ1) is 20.9. The maximum absolute atomic E-state index is 12.3. The Morgan fingerprint density at radius 2 is 1.71 bits per heavy atom. The molecule has 0 atom stereocenters. The van der Waals surface area contributed by atoms with Crippen LogP contribution in [0.2, 0.25) is 5.02 Å². The first-order valence-electron chi connectivity index (χ1n) is 9.63. The average Bonchev–Trinajstić information content (AvgIpc) is 3.29. The lowest BCUT2D eigenvalue weighted by Gasteiger charge is -2.07. The third kappa shape index (κ3) is 5.42. The SMILES string of the molecule is O=C(CCC(=O)c1ccc(Cl)cc1)Nc1cccc(-c2csc(-c3ccncc3)n2)c1. The van der Waals surface area contributed by atoms with Crippen molar-refractivity contribution in [2.24, 2.45) is 0 Å². The fourth-order valence-corrected chi connectivity index (χ4v) is 3.98. The Bertz CT molecular complexity index is 1210. The number of nitrogens with zero attached hydrogens (tertiary/aromatic N) is 2. The molecule has 0 bridgehead atoms. The molecule has 0 spiro atoms. The molecular weight excluding hydrogens is 430 g/mol. The topological polar surface area (TPSA) is 72.0 Å². The van der Waals surface area contributed by atoms with Crippen molar-refractivity contribution in [3.05, 3.63) is 89.0 Å². The number of benzene rings is 2. The second-order valence-corrected chi connectivity index (χ2v) is 8.13. The number of anilines is 1. The lowest BCUT2D eigenvalue weighted by atomic mass is 10.1. The van der Waals surface area contributed by atoms with Gasteiger partial charge in [0.05, 0.1) is 5.69 Å². The van der Waals surface area contributed by atoms with Crippen LogP contribution in [0.3, 0.4) is 0 Å². The monoisotopic (exact) mass is 447 g/mol. The van der Waals surface area contributed by atoms with Crippen LogP contribution < -0.4 is 5.32 Å². The second-order valence-electron chi connectivity index (χ2n) is 6.83. The lowest BCUT2D eigenvalue weighted by Crippen LogP contribution is -2.13. The van der Waals surface area contributed by atoms with Gasteiger partial charge in [0.15, 0.2) is 5.78 Å². The molecule has 0 saturated heterocycles. The van der Waals surface area contributed by atoms with Crippen LogP contribution in [0.5, 0.6) is 0 Å². The van der Waals surface area contributed by atoms with Gasteiger partial charge in [0.2, 0.25) is 5.91 Å². The smallest absolute Gasteiger partial charge is 0.224 e. The number of aromatic nitrogens is 2. The van der Waals surface area contributed by atoms with Crippen LogP contribution in [-0.2, 0) is 4.79 Å². The lowest BCUT2D eigenvalue weighted by molar-refractivity contribution is -0.116. The minimum absolute atomic E-state index is 0.0910. The molecule has 2 aromatic heterocycles. The van der Waals surface area contributed by atoms with E-state index >= 15 is 0 Å². The van der Waals surface area contributed by atoms with E-state index in [-0.39, 0.29) is 24.5 Å². The molecule has 1 N–H and O–H groups in total. The average molecular weight is 448 g/mol. The van der Waals surface area contributed by atoms with Gasteiger partial charge in [0, 0.05) is 58.0 Å². The highest BCUT2D eigenvalue weighted by atomic mass is 35.5. The van der Waals surface area contributed by atoms with Crippen LogP contribution in [-0.4, -0.2) is 21.7 Å². The Labute approximate surface area is 188 Å². The molecule has 5 nitrogen and oxygen atoms in total. The van der Waals surface area contributed by atoms with Crippen molar-refractivity contribution in [2.75, 3.05) is 5.32 Å². The summed E-state index contributed by atoms with van der Waals surface area (Å²) in [5.74, 6) is -0.304. The van der Waals surface area contributed by atoms with E-state index < -0.39 is 0 Å². The van der Waals surface area contributed by atoms with E-state index in [1.807, 2.05) is 41.8 Å². The van der Waals surface area contributed by atoms with Gasteiger partial charge in [0.1, 0.15) is 5.01 Å². The third-order valence-corrected chi connectivity index (χ3v) is 5.76. The predicted octanol–water partition coefficient (Wildman–Crippen LogP) is 6.13. The van der Waals surface area contributed by atoms with E-state index in [4.69, 9.17) is 16.6 Å². The fraction of sp³-hybridized carbons (Fsp3) is 0.0833. The number of carbonyl (C=O) groups excluding carboxylic acids is 2. The second kappa shape index (κ2) is 9.64. The zero-order chi connectivity index (χ0) is 21.6. The van der Waals surface area contributed by atoms with Crippen LogP contribution in [0.15, 0.2) is 78.4 Å². The van der Waals surface area contributed by atoms with Crippen molar-refractivity contribution in [1.29, 1.82) is 0 Å². The number of Topliss-reactive ketones (excluding diaryl/α,β-unsaturated/α-hetero) is 1. The number of hydrogen-bond acceptors (Lipinski definition) is 5. The summed E-state index contributed by atoms with van der Waals surface area (Å²) >= 11 is 7.40. The Hall–Kier alpha value is -3.35. The Kier molecular flexibility index (Phi) is 6.50. The number of nitrogens with one attached hydrogen (secondary N) is 1. The molecule has 2 aromatic carbocycles. The van der Waals surface area contributed by atoms with Crippen molar-refractivity contribution < 1.29 is 9.59 Å². The number of carbonyl (C=O) groups is 2. The molecule has 1 amide bonds. The molecule has 31 heavy (non-hydrogen) atoms. The van der Waals surface area contributed by atoms with Crippen molar-refractivity contribution >= 4 is 40.3 Å². The molecule has 0 unspecified atom stereocenters. The van der Waals surface area contributed by atoms with E-state index in [2.05, 4.69) is 10.3 Å². The van der Waals surface area contributed by atoms with Gasteiger partial charge >= 0.3 is 0 Å². The Balaban J connectivity index is 1.38. The van der Waals surface area contributed by atoms with Crippen molar-refractivity contribution in [1.82, 2.24) is 9.97 Å². The van der Waals surface area contributed by atoms with Gasteiger partial charge in [-0.3, -0.25) is 14.6 Å². The number of ketones is 1. The summed E-state index contributed by atoms with van der Waals surface area (Å²) in [6, 6.07) is 18.0. The quantitative estimate of drug-likeness (QED) is 0.346. The zero-order valence-corrected chi connectivity index (χ0v) is 18.0. The molecule has 0 aliphatic heterocycles. The predicted molar refractivity (Wildman–Crippen MR) is 124 cm³/mol. The van der Waals surface area contributed by atoms with E-state index in [0.29, 0.717) is 16.3 Å². The molecule has 4 aromatic rings. The third-order valence-electron chi connectivity index (χ3n) is 4.62. The first-order chi connectivity index (χ1) is 15.1. The zero-order valence-electron chi connectivity index (χ0n) is 16.4. The maximum atomic E-state index is 12.3. The van der Waals surface area contributed by atoms with Crippen LogP contribution in [0.25, 0.3) is 21.8 Å². The Morgan fingerprint density at radius 3 is 2.48 bits per heavy atom. The summed E-state index contributed by atoms with van der Waals surface area (Å²) in [5, 5.41) is 6.33. The highest BCUT2D eigenvalue weighted by Gasteiger charge is 2.11. The van der Waals surface area contributed by atoms with Gasteiger partial charge in [-0.05, 0) is 48.5 Å². The summed E-state index contributed by atoms with van der Waals surface area (Å²) in [4.78, 5) is 33.3. The van der Waals surface area contributed by atoms with Gasteiger partial charge in [0.25, 0.3) is 0 Å². The molecule has 154 valence electrons. The van der Waals surface area contributed by atoms with Gasteiger partial charge < -0.3 is 5.32 Å². The van der Waals surface area contributed by atoms with Gasteiger partial charge in [-0.15, -0.1) is 11.3 Å². The number of amides is 1. The fourth-order valence-electron chi connectivity index (χ4n) is 3.02. The normalized spacial score (nSPS) is 10.6. The summed E-state index contributed by atoms with van der Waals surface area (Å²) in [6.45, 7) is 0. The van der Waals surface area contributed by atoms with E-state index in [1.165, 1.54) is 0 Å². The molecule has 0 aliphatic rings. The van der Waals surface area contributed by atoms with Crippen LogP contribution in [0.1, 0.15) is 23.2 Å². The van der Waals surface area contributed by atoms with Crippen LogP contribution in [0, 0.1) is 0 Å². The summed E-state index contributed by atoms with van der Waals surface area (Å²) in [5.41, 5.74) is 3.98. The molecule has 0 fully saturated rings. The highest BCUT2D eigenvalue weighted by Crippen LogP contribution is 2.29. The molecular formula is C24H18ClN3O2S. The van der Waals surface area contributed by atoms with Gasteiger partial charge in [-0.25, -0.2) is 4.98 Å². The minimum Gasteiger partial charge on any atom is -0.326 e. The van der Waals surface area contributed by atoms with E-state index in [9.17, 15) is 9.59 Å². The largest absolute Gasteiger partial charge is 0.326 e. The molecule has 7 heteroatoms. The highest BCUT2D eigenvalue weighted by molar-refractivity contribution is 7.13. The Morgan fingerprint density at radius 1 is 0.935 bits per heavy atom. The number of thiazole rings is 1. The van der Waals surface area contributed by atoms with E-state index in [0.717, 1.165) is 21.8 Å². The molecule has 0 radical (unpaired) electrons. The molecule has 0 saturated carbocycles. The summed E-state index contributed by atoms with van der Waals surface area (Å²) in [7, 11) is 0. The number of halogens is 1. The first-order valence-corrected chi connectivity index (χ1v) is 10.9. The minimum atomic E-state index is -0.213. The standard InChI is InChI=1S/C24H18ClN3O2S/c25-19-6-4-16(5-7-19)22(29)8-9-23(30)27-20-3-1-2-18(14-20)21-15-31-24(28-21)17-10-12-26-13-11-17/h1-7,10-15H,8-9H2,(H,27,30). The van der Waals surface area contributed by atoms with Crippen LogP contribution >= 0.6 is 22.9 Å². The van der Waals surface area contributed by atoms with Gasteiger partial charge in [-0.2, -0.15) is 0 Å².